The number of rotatable bonds is 6. The lowest BCUT2D eigenvalue weighted by atomic mass is 9.86. The summed E-state index contributed by atoms with van der Waals surface area (Å²) in [6, 6.07) is 13.5. The molecule has 2 heterocycles. The Labute approximate surface area is 193 Å². The predicted molar refractivity (Wildman–Crippen MR) is 129 cm³/mol. The Morgan fingerprint density at radius 3 is 2.61 bits per heavy atom. The first-order chi connectivity index (χ1) is 16.1. The number of nitrogens with one attached hydrogen (secondary N) is 2. The Morgan fingerprint density at radius 1 is 1.12 bits per heavy atom. The molecule has 0 unspecified atom stereocenters. The van der Waals surface area contributed by atoms with E-state index in [2.05, 4.69) is 27.5 Å². The van der Waals surface area contributed by atoms with Gasteiger partial charge in [-0.15, -0.1) is 0 Å². The summed E-state index contributed by atoms with van der Waals surface area (Å²) in [5, 5.41) is 15.2. The molecule has 0 radical (unpaired) electrons. The lowest BCUT2D eigenvalue weighted by Gasteiger charge is -2.28. The van der Waals surface area contributed by atoms with Crippen LogP contribution in [0.1, 0.15) is 49.5 Å². The zero-order valence-corrected chi connectivity index (χ0v) is 19.0. The molecule has 1 amide bonds. The van der Waals surface area contributed by atoms with Crippen molar-refractivity contribution in [2.24, 2.45) is 13.0 Å². The van der Waals surface area contributed by atoms with Crippen molar-refractivity contribution in [1.29, 1.82) is 0 Å². The molecule has 1 aliphatic rings. The first kappa shape index (κ1) is 21.2. The summed E-state index contributed by atoms with van der Waals surface area (Å²) < 4.78 is 7.91. The fraction of sp³-hybridized carbons (Fsp3) is 0.346. The molecule has 0 atom stereocenters. The van der Waals surface area contributed by atoms with Crippen LogP contribution in [-0.2, 0) is 7.05 Å². The molecule has 2 aromatic carbocycles. The van der Waals surface area contributed by atoms with Crippen LogP contribution in [0.5, 0.6) is 5.75 Å². The maximum Gasteiger partial charge on any atom is 0.276 e. The summed E-state index contributed by atoms with van der Waals surface area (Å²) in [6.45, 7) is 2.27. The Bertz CT molecular complexity index is 1250. The van der Waals surface area contributed by atoms with Gasteiger partial charge in [0.2, 0.25) is 0 Å². The largest absolute Gasteiger partial charge is 0.490 e. The number of aromatic nitrogens is 4. The molecule has 0 saturated heterocycles. The van der Waals surface area contributed by atoms with Crippen molar-refractivity contribution in [1.82, 2.24) is 20.0 Å². The average molecular weight is 444 g/mol. The summed E-state index contributed by atoms with van der Waals surface area (Å²) >= 11 is 0. The molecular formula is C26H29N5O2. The predicted octanol–water partition coefficient (Wildman–Crippen LogP) is 5.56. The van der Waals surface area contributed by atoms with E-state index < -0.39 is 0 Å². The van der Waals surface area contributed by atoms with E-state index in [0.717, 1.165) is 46.5 Å². The number of nitrogens with zero attached hydrogens (tertiary/aromatic N) is 3. The van der Waals surface area contributed by atoms with E-state index in [0.29, 0.717) is 11.4 Å². The number of anilines is 1. The van der Waals surface area contributed by atoms with Crippen LogP contribution in [0.3, 0.4) is 0 Å². The molecule has 5 rings (SSSR count). The number of ether oxygens (including phenoxy) is 1. The van der Waals surface area contributed by atoms with Gasteiger partial charge in [-0.25, -0.2) is 0 Å². The van der Waals surface area contributed by atoms with Gasteiger partial charge in [0.15, 0.2) is 5.69 Å². The fourth-order valence-corrected chi connectivity index (χ4v) is 4.59. The van der Waals surface area contributed by atoms with E-state index in [1.54, 1.807) is 10.9 Å². The van der Waals surface area contributed by atoms with Gasteiger partial charge in [-0.1, -0.05) is 19.4 Å². The number of carbonyl (C=O) groups excluding carboxylic acids is 1. The van der Waals surface area contributed by atoms with Gasteiger partial charge in [0.1, 0.15) is 5.75 Å². The Morgan fingerprint density at radius 2 is 1.91 bits per heavy atom. The number of H-pyrrole nitrogens is 1. The highest BCUT2D eigenvalue weighted by molar-refractivity contribution is 6.11. The van der Waals surface area contributed by atoms with Crippen molar-refractivity contribution in [2.75, 3.05) is 5.32 Å². The Kier molecular flexibility index (Phi) is 5.86. The highest BCUT2D eigenvalue weighted by Gasteiger charge is 2.21. The molecule has 1 fully saturated rings. The number of aryl methyl sites for hydroxylation is 1. The molecule has 0 bridgehead atoms. The minimum atomic E-state index is -0.254. The van der Waals surface area contributed by atoms with Crippen LogP contribution < -0.4 is 10.1 Å². The van der Waals surface area contributed by atoms with Gasteiger partial charge in [-0.2, -0.15) is 10.2 Å². The molecule has 0 aliphatic heterocycles. The lowest BCUT2D eigenvalue weighted by molar-refractivity contribution is 0.102. The number of amides is 1. The standard InChI is InChI=1S/C26H29N5O2/c1-3-17-4-9-21(10-5-17)33-22-11-7-20(8-12-22)28-26(32)25-23-14-18(6-13-24(23)29-30-25)19-15-27-31(2)16-19/h6-8,11-17,21H,3-5,9-10H2,1-2H3,(H,28,32)(H,29,30). The molecule has 0 spiro atoms. The van der Waals surface area contributed by atoms with Crippen molar-refractivity contribution >= 4 is 22.5 Å². The minimum Gasteiger partial charge on any atom is -0.490 e. The SMILES string of the molecule is CCC1CCC(Oc2ccc(NC(=O)c3n[nH]c4ccc(-c5cnn(C)c5)cc34)cc2)CC1. The third-order valence-corrected chi connectivity index (χ3v) is 6.60. The van der Waals surface area contributed by atoms with Crippen molar-refractivity contribution in [2.45, 2.75) is 45.1 Å². The number of fused-ring (bicyclic) bond motifs is 1. The van der Waals surface area contributed by atoms with E-state index in [-0.39, 0.29) is 12.0 Å². The first-order valence-corrected chi connectivity index (χ1v) is 11.6. The van der Waals surface area contributed by atoms with Crippen LogP contribution in [0, 0.1) is 5.92 Å². The van der Waals surface area contributed by atoms with Crippen molar-refractivity contribution in [3.05, 3.63) is 60.6 Å². The number of hydrogen-bond donors (Lipinski definition) is 2. The van der Waals surface area contributed by atoms with E-state index in [4.69, 9.17) is 4.74 Å². The molecule has 33 heavy (non-hydrogen) atoms. The third kappa shape index (κ3) is 4.62. The van der Waals surface area contributed by atoms with Crippen LogP contribution in [0.25, 0.3) is 22.0 Å². The number of aromatic amines is 1. The summed E-state index contributed by atoms with van der Waals surface area (Å²) in [5.41, 5.74) is 3.87. The third-order valence-electron chi connectivity index (χ3n) is 6.60. The Balaban J connectivity index is 1.26. The summed E-state index contributed by atoms with van der Waals surface area (Å²) in [7, 11) is 1.88. The van der Waals surface area contributed by atoms with Crippen LogP contribution in [0.15, 0.2) is 54.9 Å². The molecule has 2 aromatic heterocycles. The summed E-state index contributed by atoms with van der Waals surface area (Å²) in [4.78, 5) is 13.0. The van der Waals surface area contributed by atoms with Crippen molar-refractivity contribution < 1.29 is 9.53 Å². The molecule has 2 N–H and O–H groups in total. The lowest BCUT2D eigenvalue weighted by Crippen LogP contribution is -2.23. The second-order valence-electron chi connectivity index (χ2n) is 8.88. The van der Waals surface area contributed by atoms with Crippen LogP contribution in [0.2, 0.25) is 0 Å². The highest BCUT2D eigenvalue weighted by Crippen LogP contribution is 2.30. The topological polar surface area (TPSA) is 84.8 Å². The van der Waals surface area contributed by atoms with E-state index in [1.807, 2.05) is 55.7 Å². The molecule has 1 saturated carbocycles. The highest BCUT2D eigenvalue weighted by atomic mass is 16.5. The number of benzene rings is 2. The molecule has 170 valence electrons. The number of hydrogen-bond acceptors (Lipinski definition) is 4. The van der Waals surface area contributed by atoms with Crippen molar-refractivity contribution in [3.8, 4) is 16.9 Å². The van der Waals surface area contributed by atoms with Gasteiger partial charge in [0, 0.05) is 29.9 Å². The molecule has 7 nitrogen and oxygen atoms in total. The maximum atomic E-state index is 13.0. The van der Waals surface area contributed by atoms with Gasteiger partial charge < -0.3 is 10.1 Å². The van der Waals surface area contributed by atoms with Crippen LogP contribution >= 0.6 is 0 Å². The summed E-state index contributed by atoms with van der Waals surface area (Å²) in [6.07, 6.45) is 10.0. The van der Waals surface area contributed by atoms with E-state index >= 15 is 0 Å². The molecule has 7 heteroatoms. The van der Waals surface area contributed by atoms with Gasteiger partial charge in [0.25, 0.3) is 5.91 Å². The normalized spacial score (nSPS) is 18.4. The molecule has 1 aliphatic carbocycles. The maximum absolute atomic E-state index is 13.0. The summed E-state index contributed by atoms with van der Waals surface area (Å²) in [5.74, 6) is 1.44. The zero-order valence-electron chi connectivity index (χ0n) is 19.0. The zero-order chi connectivity index (χ0) is 22.8. The van der Waals surface area contributed by atoms with Crippen LogP contribution in [0.4, 0.5) is 5.69 Å². The molecular weight excluding hydrogens is 414 g/mol. The Hall–Kier alpha value is -3.61. The smallest absolute Gasteiger partial charge is 0.276 e. The quantitative estimate of drug-likeness (QED) is 0.408. The number of carbonyl (C=O) groups is 1. The van der Waals surface area contributed by atoms with Gasteiger partial charge >= 0.3 is 0 Å². The van der Waals surface area contributed by atoms with E-state index in [9.17, 15) is 4.79 Å². The van der Waals surface area contributed by atoms with Gasteiger partial charge in [0.05, 0.1) is 17.8 Å². The fourth-order valence-electron chi connectivity index (χ4n) is 4.59. The second kappa shape index (κ2) is 9.10. The second-order valence-corrected chi connectivity index (χ2v) is 8.88. The van der Waals surface area contributed by atoms with Crippen LogP contribution in [-0.4, -0.2) is 32.0 Å². The van der Waals surface area contributed by atoms with Gasteiger partial charge in [-0.3, -0.25) is 14.6 Å². The minimum absolute atomic E-state index is 0.254. The monoisotopic (exact) mass is 443 g/mol. The molecule has 4 aromatic rings. The van der Waals surface area contributed by atoms with Crippen molar-refractivity contribution in [3.63, 3.8) is 0 Å². The van der Waals surface area contributed by atoms with E-state index in [1.165, 1.54) is 19.3 Å². The van der Waals surface area contributed by atoms with Gasteiger partial charge in [-0.05, 0) is 73.6 Å². The average Bonchev–Trinajstić information content (AvgIpc) is 3.46. The first-order valence-electron chi connectivity index (χ1n) is 11.6.